The quantitative estimate of drug-likeness (QED) is 0.0486. The van der Waals surface area contributed by atoms with Crippen molar-refractivity contribution < 1.29 is 45.2 Å². The van der Waals surface area contributed by atoms with E-state index in [0.29, 0.717) is 0 Å². The molecule has 0 amide bonds. The van der Waals surface area contributed by atoms with E-state index in [1.807, 2.05) is 0 Å². The number of rotatable bonds is 17. The Labute approximate surface area is 173 Å². The third kappa shape index (κ3) is 12.6. The highest BCUT2D eigenvalue weighted by Crippen LogP contribution is 2.12. The molecule has 0 saturated heterocycles. The normalized spacial score (nSPS) is 15.0. The van der Waals surface area contributed by atoms with E-state index >= 15 is 0 Å². The minimum absolute atomic E-state index is 0.0120. The minimum Gasteiger partial charge on any atom is -0.388 e. The van der Waals surface area contributed by atoms with Gasteiger partial charge in [-0.1, -0.05) is 0 Å². The van der Waals surface area contributed by atoms with Crippen LogP contribution in [0.4, 0.5) is 0 Å². The SMILES string of the molecule is N=C(CCOCC(O)C(O)C(OCCC(=N)NO)C(O)COCCC(=N)NO)NO. The summed E-state index contributed by atoms with van der Waals surface area (Å²) in [4.78, 5) is 0. The molecule has 0 aromatic carbocycles. The van der Waals surface area contributed by atoms with Crippen molar-refractivity contribution in [3.05, 3.63) is 0 Å². The maximum Gasteiger partial charge on any atom is 0.120 e. The summed E-state index contributed by atoms with van der Waals surface area (Å²) in [7, 11) is 0. The van der Waals surface area contributed by atoms with E-state index < -0.39 is 24.4 Å². The molecule has 0 saturated carbocycles. The fourth-order valence-corrected chi connectivity index (χ4v) is 2.07. The van der Waals surface area contributed by atoms with E-state index in [9.17, 15) is 15.3 Å². The first-order chi connectivity index (χ1) is 14.3. The van der Waals surface area contributed by atoms with Crippen LogP contribution in [-0.2, 0) is 14.2 Å². The second kappa shape index (κ2) is 16.8. The van der Waals surface area contributed by atoms with Crippen molar-refractivity contribution in [2.45, 2.75) is 43.7 Å². The highest BCUT2D eigenvalue weighted by atomic mass is 16.5. The van der Waals surface area contributed by atoms with E-state index in [2.05, 4.69) is 0 Å². The Balaban J connectivity index is 4.67. The molecule has 4 unspecified atom stereocenters. The lowest BCUT2D eigenvalue weighted by atomic mass is 10.0. The highest BCUT2D eigenvalue weighted by Gasteiger charge is 2.33. The number of aliphatic hydroxyl groups excluding tert-OH is 3. The third-order valence-corrected chi connectivity index (χ3v) is 3.75. The van der Waals surface area contributed by atoms with Gasteiger partial charge in [0.25, 0.3) is 0 Å². The summed E-state index contributed by atoms with van der Waals surface area (Å²) in [6.07, 6.45) is -5.77. The third-order valence-electron chi connectivity index (χ3n) is 3.75. The van der Waals surface area contributed by atoms with Crippen molar-refractivity contribution >= 4 is 17.5 Å². The summed E-state index contributed by atoms with van der Waals surface area (Å²) >= 11 is 0. The molecule has 0 aliphatic heterocycles. The molecule has 0 aromatic rings. The zero-order valence-electron chi connectivity index (χ0n) is 16.4. The first-order valence-electron chi connectivity index (χ1n) is 9.00. The zero-order valence-corrected chi connectivity index (χ0v) is 16.4. The number of aliphatic hydroxyl groups is 3. The van der Waals surface area contributed by atoms with E-state index in [4.69, 9.17) is 46.1 Å². The lowest BCUT2D eigenvalue weighted by molar-refractivity contribution is -0.155. The molecule has 176 valence electrons. The van der Waals surface area contributed by atoms with Gasteiger partial charge >= 0.3 is 0 Å². The van der Waals surface area contributed by atoms with Gasteiger partial charge in [0.05, 0.1) is 33.0 Å². The number of nitrogens with one attached hydrogen (secondary N) is 6. The molecule has 0 aliphatic rings. The molecule has 0 rings (SSSR count). The van der Waals surface area contributed by atoms with E-state index in [1.165, 1.54) is 0 Å². The summed E-state index contributed by atoms with van der Waals surface area (Å²) in [5.41, 5.74) is 4.90. The zero-order chi connectivity index (χ0) is 22.9. The average molecular weight is 440 g/mol. The fourth-order valence-electron chi connectivity index (χ4n) is 2.07. The summed E-state index contributed by atoms with van der Waals surface area (Å²) in [5, 5.41) is 78.1. The number of hydrogen-bond acceptors (Lipinski definition) is 12. The van der Waals surface area contributed by atoms with Crippen LogP contribution in [0.1, 0.15) is 19.3 Å². The topological polar surface area (TPSA) is 257 Å². The molecule has 15 heteroatoms. The second-order valence-corrected chi connectivity index (χ2v) is 6.13. The van der Waals surface area contributed by atoms with Crippen LogP contribution < -0.4 is 16.4 Å². The van der Waals surface area contributed by atoms with Gasteiger partial charge in [-0.2, -0.15) is 0 Å². The molecule has 4 atom stereocenters. The van der Waals surface area contributed by atoms with Gasteiger partial charge in [0.15, 0.2) is 0 Å². The van der Waals surface area contributed by atoms with Crippen LogP contribution in [0, 0.1) is 16.2 Å². The molecule has 0 aliphatic carbocycles. The number of hydrogen-bond donors (Lipinski definition) is 12. The van der Waals surface area contributed by atoms with Gasteiger partial charge in [-0.25, -0.2) is 0 Å². The predicted octanol–water partition coefficient (Wildman–Crippen LogP) is -2.47. The van der Waals surface area contributed by atoms with Crippen molar-refractivity contribution in [3.63, 3.8) is 0 Å². The van der Waals surface area contributed by atoms with E-state index in [-0.39, 0.29) is 69.8 Å². The summed E-state index contributed by atoms with van der Waals surface area (Å²) in [6.45, 7) is -0.861. The predicted molar refractivity (Wildman–Crippen MR) is 101 cm³/mol. The van der Waals surface area contributed by atoms with Crippen molar-refractivity contribution in [1.29, 1.82) is 16.2 Å². The fraction of sp³-hybridized carbons (Fsp3) is 0.800. The van der Waals surface area contributed by atoms with Crippen LogP contribution in [-0.4, -0.2) is 106 Å². The first kappa shape index (κ1) is 28.1. The molecular weight excluding hydrogens is 408 g/mol. The first-order valence-corrected chi connectivity index (χ1v) is 9.00. The largest absolute Gasteiger partial charge is 0.388 e. The van der Waals surface area contributed by atoms with Crippen LogP contribution >= 0.6 is 0 Å². The molecular formula is C15H32N6O9. The summed E-state index contributed by atoms with van der Waals surface area (Å²) in [6, 6.07) is 0. The number of amidine groups is 3. The summed E-state index contributed by atoms with van der Waals surface area (Å²) < 4.78 is 15.6. The Hall–Kier alpha value is -1.95. The molecule has 0 bridgehead atoms. The van der Waals surface area contributed by atoms with Crippen molar-refractivity contribution in [3.8, 4) is 0 Å². The standard InChI is InChI=1S/C15H32N6O9/c16-11(19-25)1-4-28-7-9(22)14(24)15(30-6-3-13(18)21-27)10(23)8-29-5-2-12(17)20-26/h9-10,14-15,22-27H,1-8H2,(H2,16,19)(H2,17,20)(H2,18,21). The molecule has 0 aromatic heterocycles. The van der Waals surface area contributed by atoms with Crippen molar-refractivity contribution in [1.82, 2.24) is 16.4 Å². The number of hydroxylamine groups is 3. The van der Waals surface area contributed by atoms with Gasteiger partial charge in [-0.05, 0) is 0 Å². The van der Waals surface area contributed by atoms with E-state index in [0.717, 1.165) is 0 Å². The van der Waals surface area contributed by atoms with Crippen LogP contribution in [0.25, 0.3) is 0 Å². The average Bonchev–Trinajstić information content (AvgIpc) is 2.75. The molecule has 30 heavy (non-hydrogen) atoms. The Morgan fingerprint density at radius 1 is 0.667 bits per heavy atom. The van der Waals surface area contributed by atoms with E-state index in [1.54, 1.807) is 16.4 Å². The Bertz CT molecular complexity index is 513. The van der Waals surface area contributed by atoms with Crippen molar-refractivity contribution in [2.75, 3.05) is 33.0 Å². The molecule has 12 N–H and O–H groups in total. The second-order valence-electron chi connectivity index (χ2n) is 6.13. The van der Waals surface area contributed by atoms with Crippen LogP contribution in [0.15, 0.2) is 0 Å². The van der Waals surface area contributed by atoms with Gasteiger partial charge in [0.2, 0.25) is 0 Å². The molecule has 0 spiro atoms. The van der Waals surface area contributed by atoms with Gasteiger partial charge in [-0.15, -0.1) is 0 Å². The number of ether oxygens (including phenoxy) is 3. The molecule has 0 heterocycles. The van der Waals surface area contributed by atoms with Crippen molar-refractivity contribution in [2.24, 2.45) is 0 Å². The van der Waals surface area contributed by atoms with Crippen LogP contribution in [0.5, 0.6) is 0 Å². The Morgan fingerprint density at radius 2 is 1.07 bits per heavy atom. The Morgan fingerprint density at radius 3 is 1.50 bits per heavy atom. The molecule has 0 radical (unpaired) electrons. The van der Waals surface area contributed by atoms with Crippen LogP contribution in [0.3, 0.4) is 0 Å². The lowest BCUT2D eigenvalue weighted by Crippen LogP contribution is -2.49. The van der Waals surface area contributed by atoms with Gasteiger partial charge in [-0.3, -0.25) is 48.3 Å². The minimum atomic E-state index is -1.60. The summed E-state index contributed by atoms with van der Waals surface area (Å²) in [5.74, 6) is -0.638. The van der Waals surface area contributed by atoms with Crippen LogP contribution in [0.2, 0.25) is 0 Å². The monoisotopic (exact) mass is 440 g/mol. The molecule has 15 nitrogen and oxygen atoms in total. The van der Waals surface area contributed by atoms with Gasteiger partial charge < -0.3 is 29.5 Å². The lowest BCUT2D eigenvalue weighted by Gasteiger charge is -2.30. The maximum absolute atomic E-state index is 10.3. The Kier molecular flexibility index (Phi) is 15.7. The highest BCUT2D eigenvalue weighted by molar-refractivity contribution is 5.78. The van der Waals surface area contributed by atoms with Gasteiger partial charge in [0, 0.05) is 19.3 Å². The maximum atomic E-state index is 10.3. The molecule has 0 fully saturated rings. The van der Waals surface area contributed by atoms with Gasteiger partial charge in [0.1, 0.15) is 41.9 Å². The smallest absolute Gasteiger partial charge is 0.120 e.